The maximum Gasteiger partial charge on any atom is 0.0717 e. The van der Waals surface area contributed by atoms with Crippen LogP contribution in [0.4, 0.5) is 0 Å². The Balaban J connectivity index is 1.22. The van der Waals surface area contributed by atoms with E-state index < -0.39 is 0 Å². The first kappa shape index (κ1) is 32.6. The molecule has 0 aliphatic heterocycles. The van der Waals surface area contributed by atoms with Gasteiger partial charge in [0.05, 0.1) is 34.2 Å². The zero-order valence-corrected chi connectivity index (χ0v) is 30.6. The lowest BCUT2D eigenvalue weighted by atomic mass is 9.96. The van der Waals surface area contributed by atoms with Crippen molar-refractivity contribution in [3.05, 3.63) is 200 Å². The van der Waals surface area contributed by atoms with E-state index in [9.17, 15) is 0 Å². The third-order valence-corrected chi connectivity index (χ3v) is 11.2. The SMILES string of the molecule is c1ccc(-c2cc(-c3cc(-c4ccc5c(c4)sc4ccccc45)cc(-c4cc(-c5ccccc5)nc(-c5ccccc5)c4)n3)cc(-c3ccccc3)n2)cc1. The number of hydrogen-bond acceptors (Lipinski definition) is 4. The fourth-order valence-electron chi connectivity index (χ4n) is 7.28. The number of aromatic nitrogens is 3. The van der Waals surface area contributed by atoms with Crippen LogP contribution in [0.1, 0.15) is 0 Å². The summed E-state index contributed by atoms with van der Waals surface area (Å²) in [6, 6.07) is 70.2. The van der Waals surface area contributed by atoms with Crippen molar-refractivity contribution < 1.29 is 0 Å². The van der Waals surface area contributed by atoms with Crippen molar-refractivity contribution in [3.63, 3.8) is 0 Å². The molecule has 10 rings (SSSR count). The topological polar surface area (TPSA) is 38.7 Å². The average Bonchev–Trinajstić information content (AvgIpc) is 3.65. The van der Waals surface area contributed by atoms with Crippen LogP contribution < -0.4 is 0 Å². The third kappa shape index (κ3) is 6.50. The molecule has 0 amide bonds. The Morgan fingerprint density at radius 3 is 1.02 bits per heavy atom. The first-order valence-corrected chi connectivity index (χ1v) is 19.2. The zero-order valence-electron chi connectivity index (χ0n) is 29.8. The molecular weight excluding hydrogens is 687 g/mol. The highest BCUT2D eigenvalue weighted by atomic mass is 32.1. The molecule has 0 fully saturated rings. The lowest BCUT2D eigenvalue weighted by Crippen LogP contribution is -1.96. The second-order valence-electron chi connectivity index (χ2n) is 13.7. The summed E-state index contributed by atoms with van der Waals surface area (Å²) in [5.74, 6) is 0. The van der Waals surface area contributed by atoms with E-state index in [2.05, 4.69) is 176 Å². The van der Waals surface area contributed by atoms with Gasteiger partial charge in [0, 0.05) is 53.6 Å². The molecule has 0 aliphatic rings. The average molecular weight is 720 g/mol. The van der Waals surface area contributed by atoms with Crippen LogP contribution in [0.5, 0.6) is 0 Å². The molecule has 0 bridgehead atoms. The van der Waals surface area contributed by atoms with E-state index >= 15 is 0 Å². The fourth-order valence-corrected chi connectivity index (χ4v) is 8.43. The molecule has 55 heavy (non-hydrogen) atoms. The second-order valence-corrected chi connectivity index (χ2v) is 14.7. The Kier molecular flexibility index (Phi) is 8.36. The van der Waals surface area contributed by atoms with Crippen LogP contribution in [0.25, 0.3) is 98.8 Å². The highest BCUT2D eigenvalue weighted by Crippen LogP contribution is 2.39. The largest absolute Gasteiger partial charge is 0.248 e. The third-order valence-electron chi connectivity index (χ3n) is 10.1. The lowest BCUT2D eigenvalue weighted by molar-refractivity contribution is 1.27. The van der Waals surface area contributed by atoms with E-state index in [4.69, 9.17) is 15.0 Å². The van der Waals surface area contributed by atoms with Crippen LogP contribution in [0.2, 0.25) is 0 Å². The second kappa shape index (κ2) is 14.1. The van der Waals surface area contributed by atoms with E-state index in [-0.39, 0.29) is 0 Å². The van der Waals surface area contributed by atoms with Gasteiger partial charge >= 0.3 is 0 Å². The van der Waals surface area contributed by atoms with Gasteiger partial charge in [0.15, 0.2) is 0 Å². The van der Waals surface area contributed by atoms with Gasteiger partial charge in [-0.3, -0.25) is 0 Å². The predicted octanol–water partition coefficient (Wildman–Crippen LogP) is 13.9. The molecule has 0 spiro atoms. The number of hydrogen-bond donors (Lipinski definition) is 0. The number of rotatable bonds is 7. The molecule has 4 heteroatoms. The Morgan fingerprint density at radius 1 is 0.236 bits per heavy atom. The van der Waals surface area contributed by atoms with E-state index in [1.54, 1.807) is 0 Å². The number of pyridine rings is 3. The molecule has 3 nitrogen and oxygen atoms in total. The van der Waals surface area contributed by atoms with Crippen LogP contribution >= 0.6 is 11.3 Å². The minimum atomic E-state index is 0.875. The van der Waals surface area contributed by atoms with Crippen molar-refractivity contribution in [2.24, 2.45) is 0 Å². The fraction of sp³-hybridized carbons (Fsp3) is 0. The molecule has 0 saturated heterocycles. The van der Waals surface area contributed by atoms with E-state index in [1.165, 1.54) is 20.2 Å². The molecule has 0 atom stereocenters. The maximum absolute atomic E-state index is 5.48. The first-order chi connectivity index (χ1) is 27.2. The van der Waals surface area contributed by atoms with Gasteiger partial charge in [-0.15, -0.1) is 11.3 Å². The Hall–Kier alpha value is -7.01. The molecule has 0 aliphatic carbocycles. The van der Waals surface area contributed by atoms with Crippen molar-refractivity contribution in [2.45, 2.75) is 0 Å². The molecule has 0 radical (unpaired) electrons. The molecule has 10 aromatic rings. The van der Waals surface area contributed by atoms with Crippen molar-refractivity contribution in [3.8, 4) is 78.7 Å². The van der Waals surface area contributed by atoms with Crippen LogP contribution in [-0.4, -0.2) is 15.0 Å². The van der Waals surface area contributed by atoms with E-state index in [0.717, 1.165) is 78.7 Å². The number of fused-ring (bicyclic) bond motifs is 3. The summed E-state index contributed by atoms with van der Waals surface area (Å²) < 4.78 is 2.56. The van der Waals surface area contributed by atoms with Crippen molar-refractivity contribution >= 4 is 31.5 Å². The first-order valence-electron chi connectivity index (χ1n) is 18.4. The van der Waals surface area contributed by atoms with Gasteiger partial charge < -0.3 is 0 Å². The monoisotopic (exact) mass is 719 g/mol. The molecule has 0 N–H and O–H groups in total. The smallest absolute Gasteiger partial charge is 0.0717 e. The minimum absolute atomic E-state index is 0.875. The predicted molar refractivity (Wildman–Crippen MR) is 231 cm³/mol. The van der Waals surface area contributed by atoms with Crippen molar-refractivity contribution in [1.82, 2.24) is 15.0 Å². The van der Waals surface area contributed by atoms with Crippen molar-refractivity contribution in [2.75, 3.05) is 0 Å². The zero-order chi connectivity index (χ0) is 36.6. The number of thiophene rings is 1. The summed E-state index contributed by atoms with van der Waals surface area (Å²) in [5.41, 5.74) is 13.8. The van der Waals surface area contributed by atoms with Crippen LogP contribution in [0, 0.1) is 0 Å². The maximum atomic E-state index is 5.48. The Labute approximate surface area is 323 Å². The summed E-state index contributed by atoms with van der Waals surface area (Å²) >= 11 is 1.84. The van der Waals surface area contributed by atoms with Crippen LogP contribution in [0.15, 0.2) is 200 Å². The molecule has 258 valence electrons. The normalized spacial score (nSPS) is 11.3. The van der Waals surface area contributed by atoms with Crippen LogP contribution in [0.3, 0.4) is 0 Å². The van der Waals surface area contributed by atoms with E-state index in [1.807, 2.05) is 35.6 Å². The Bertz CT molecular complexity index is 2700. The van der Waals surface area contributed by atoms with Gasteiger partial charge in [-0.25, -0.2) is 15.0 Å². The Morgan fingerprint density at radius 2 is 0.582 bits per heavy atom. The summed E-state index contributed by atoms with van der Waals surface area (Å²) in [6.45, 7) is 0. The molecule has 0 unspecified atom stereocenters. The summed E-state index contributed by atoms with van der Waals surface area (Å²) in [7, 11) is 0. The van der Waals surface area contributed by atoms with Gasteiger partial charge in [-0.05, 0) is 59.7 Å². The molecule has 4 aromatic heterocycles. The molecular formula is C51H33N3S. The highest BCUT2D eigenvalue weighted by Gasteiger charge is 2.16. The number of benzene rings is 6. The van der Waals surface area contributed by atoms with Gasteiger partial charge in [0.2, 0.25) is 0 Å². The number of nitrogens with zero attached hydrogens (tertiary/aromatic N) is 3. The minimum Gasteiger partial charge on any atom is -0.248 e. The van der Waals surface area contributed by atoms with Gasteiger partial charge in [0.25, 0.3) is 0 Å². The standard InChI is InChI=1S/C51H33N3S/c1-5-15-34(16-6-1)44-29-40(30-45(52-44)35-17-7-2-8-18-35)48-27-39(38-25-26-43-42-23-13-14-24-50(42)55-51(43)33-38)28-49(54-48)41-31-46(36-19-9-3-10-20-36)53-47(32-41)37-21-11-4-12-22-37/h1-33H. The van der Waals surface area contributed by atoms with E-state index in [0.29, 0.717) is 0 Å². The summed E-state index contributed by atoms with van der Waals surface area (Å²) in [4.78, 5) is 15.8. The van der Waals surface area contributed by atoms with Crippen LogP contribution in [-0.2, 0) is 0 Å². The molecule has 0 saturated carbocycles. The van der Waals surface area contributed by atoms with Gasteiger partial charge in [-0.2, -0.15) is 0 Å². The molecule has 6 aromatic carbocycles. The molecule has 4 heterocycles. The quantitative estimate of drug-likeness (QED) is 0.165. The van der Waals surface area contributed by atoms with Gasteiger partial charge in [0.1, 0.15) is 0 Å². The summed E-state index contributed by atoms with van der Waals surface area (Å²) in [5, 5.41) is 2.57. The summed E-state index contributed by atoms with van der Waals surface area (Å²) in [6.07, 6.45) is 0. The lowest BCUT2D eigenvalue weighted by Gasteiger charge is -2.14. The highest BCUT2D eigenvalue weighted by molar-refractivity contribution is 7.25. The van der Waals surface area contributed by atoms with Gasteiger partial charge in [-0.1, -0.05) is 152 Å². The van der Waals surface area contributed by atoms with Crippen molar-refractivity contribution in [1.29, 1.82) is 0 Å².